The molecule has 0 saturated carbocycles. The topological polar surface area (TPSA) is 394 Å². The van der Waals surface area contributed by atoms with E-state index in [-0.39, 0.29) is 14.5 Å². The number of anilines is 2. The number of hydrogen-bond acceptors (Lipinski definition) is 19. The van der Waals surface area contributed by atoms with Crippen LogP contribution in [0.4, 0.5) is 11.4 Å². The summed E-state index contributed by atoms with van der Waals surface area (Å²) in [7, 11) is 0.913. The number of phenols is 4. The van der Waals surface area contributed by atoms with E-state index in [2.05, 4.69) is 9.84 Å². The van der Waals surface area contributed by atoms with Crippen molar-refractivity contribution in [1.29, 1.82) is 0 Å². The van der Waals surface area contributed by atoms with Crippen molar-refractivity contribution in [3.05, 3.63) is 41.2 Å². The highest BCUT2D eigenvalue weighted by molar-refractivity contribution is 6.11. The van der Waals surface area contributed by atoms with E-state index in [1.54, 1.807) is 0 Å². The molecule has 2 aliphatic heterocycles. The summed E-state index contributed by atoms with van der Waals surface area (Å²) in [6.07, 6.45) is 0. The zero-order valence-electron chi connectivity index (χ0n) is 23.8. The van der Waals surface area contributed by atoms with Gasteiger partial charge in [-0.25, -0.2) is 9.58 Å². The van der Waals surface area contributed by atoms with Crippen molar-refractivity contribution < 1.29 is 90.6 Å². The Bertz CT molecular complexity index is 1870. The molecule has 2 aromatic carbocycles. The maximum absolute atomic E-state index is 14.0. The molecule has 258 valence electrons. The number of rotatable bonds is 5. The van der Waals surface area contributed by atoms with Crippen molar-refractivity contribution in [3.63, 3.8) is 0 Å². The van der Waals surface area contributed by atoms with Gasteiger partial charge in [-0.15, -0.1) is 0 Å². The second kappa shape index (κ2) is 10.1. The molecule has 2 aliphatic rings. The molecule has 0 bridgehead atoms. The number of piperidine rings is 1. The van der Waals surface area contributed by atoms with Crippen LogP contribution < -0.4 is 20.3 Å². The lowest BCUT2D eigenvalue weighted by Gasteiger charge is -2.49. The number of methoxy groups -OCH3 is 1. The number of nitrogens with zero attached hydrogens (tertiary/aromatic N) is 4. The number of fused-ring (bicyclic) bond motifs is 1. The summed E-state index contributed by atoms with van der Waals surface area (Å²) in [4.78, 5) is 38.9. The Morgan fingerprint density at radius 2 is 1.31 bits per heavy atom. The Morgan fingerprint density at radius 3 is 1.79 bits per heavy atom. The van der Waals surface area contributed by atoms with Gasteiger partial charge < -0.3 is 86.9 Å². The first-order valence-corrected chi connectivity index (χ1v) is 12.9. The van der Waals surface area contributed by atoms with Crippen LogP contribution in [0.1, 0.15) is 26.5 Å². The molecule has 23 nitrogen and oxygen atoms in total. The van der Waals surface area contributed by atoms with E-state index in [4.69, 9.17) is 5.73 Å². The Labute approximate surface area is 263 Å². The SMILES string of the molecule is COc1c(O)c(O)c(-n2nc(C(N)=O)c3c2C(=O)N(c2ccc(N4CC(O)(O)C(O)(O)C(O)(O)C4=O)cc2)C(O)(O)C3(O)O)c(O)c1O. The van der Waals surface area contributed by atoms with E-state index in [0.717, 1.165) is 31.4 Å². The van der Waals surface area contributed by atoms with Gasteiger partial charge in [-0.3, -0.25) is 14.4 Å². The van der Waals surface area contributed by atoms with Gasteiger partial charge >= 0.3 is 11.7 Å². The summed E-state index contributed by atoms with van der Waals surface area (Å²) in [6, 6.07) is 3.07. The smallest absolute Gasteiger partial charge is 0.315 e. The molecule has 1 aromatic heterocycles. The van der Waals surface area contributed by atoms with Gasteiger partial charge in [0.1, 0.15) is 5.69 Å². The minimum absolute atomic E-state index is 0.103. The molecule has 0 radical (unpaired) electrons. The molecule has 1 saturated heterocycles. The lowest BCUT2D eigenvalue weighted by molar-refractivity contribution is -0.440. The number of aliphatic hydroxyl groups is 10. The van der Waals surface area contributed by atoms with Crippen LogP contribution in [0.3, 0.4) is 0 Å². The van der Waals surface area contributed by atoms with E-state index < -0.39 is 116 Å². The Balaban J connectivity index is 1.70. The van der Waals surface area contributed by atoms with Gasteiger partial charge in [0.25, 0.3) is 29.3 Å². The number of hydrogen-bond donors (Lipinski definition) is 15. The molecule has 23 heteroatoms. The molecule has 0 aliphatic carbocycles. The van der Waals surface area contributed by atoms with Crippen LogP contribution in [0.15, 0.2) is 24.3 Å². The molecule has 3 aromatic rings. The molecule has 3 amide bonds. The number of ether oxygens (including phenoxy) is 1. The molecule has 48 heavy (non-hydrogen) atoms. The van der Waals surface area contributed by atoms with Crippen LogP contribution in [-0.4, -0.2) is 136 Å². The van der Waals surface area contributed by atoms with Gasteiger partial charge in [0.05, 0.1) is 19.2 Å². The largest absolute Gasteiger partial charge is 0.503 e. The van der Waals surface area contributed by atoms with E-state index in [9.17, 15) is 85.9 Å². The van der Waals surface area contributed by atoms with Gasteiger partial charge in [-0.2, -0.15) is 5.10 Å². The third-order valence-electron chi connectivity index (χ3n) is 7.78. The van der Waals surface area contributed by atoms with Gasteiger partial charge in [0.15, 0.2) is 22.9 Å². The molecule has 16 N–H and O–H groups in total. The van der Waals surface area contributed by atoms with Crippen LogP contribution in [0, 0.1) is 0 Å². The first-order valence-electron chi connectivity index (χ1n) is 12.9. The second-order valence-corrected chi connectivity index (χ2v) is 10.6. The Hall–Kier alpha value is -5.34. The molecular weight excluding hydrogens is 658 g/mol. The van der Waals surface area contributed by atoms with Gasteiger partial charge in [0, 0.05) is 11.4 Å². The number of benzene rings is 2. The van der Waals surface area contributed by atoms with E-state index in [0.29, 0.717) is 0 Å². The molecular formula is C25H25N5O18. The fourth-order valence-corrected chi connectivity index (χ4v) is 5.22. The molecule has 0 unspecified atom stereocenters. The van der Waals surface area contributed by atoms with E-state index in [1.807, 2.05) is 0 Å². The monoisotopic (exact) mass is 683 g/mol. The summed E-state index contributed by atoms with van der Waals surface area (Å²) in [5.74, 6) is -31.7. The first-order chi connectivity index (χ1) is 21.9. The van der Waals surface area contributed by atoms with E-state index in [1.165, 1.54) is 0 Å². The molecule has 1 fully saturated rings. The lowest BCUT2D eigenvalue weighted by atomic mass is 9.89. The normalized spacial score (nSPS) is 20.4. The number of carbonyl (C=O) groups is 3. The van der Waals surface area contributed by atoms with Crippen molar-refractivity contribution in [2.75, 3.05) is 23.5 Å². The van der Waals surface area contributed by atoms with Crippen LogP contribution in [0.25, 0.3) is 5.69 Å². The highest BCUT2D eigenvalue weighted by Crippen LogP contribution is 2.54. The Kier molecular flexibility index (Phi) is 7.14. The summed E-state index contributed by atoms with van der Waals surface area (Å²) in [6.45, 7) is -1.39. The number of amides is 3. The number of phenolic OH excluding ortho intramolecular Hbond substituents is 4. The predicted octanol–water partition coefficient (Wildman–Crippen LogP) is -6.37. The van der Waals surface area contributed by atoms with Crippen LogP contribution in [0.2, 0.25) is 0 Å². The molecule has 3 heterocycles. The summed E-state index contributed by atoms with van der Waals surface area (Å²) in [5.41, 5.74) is -1.00. The third kappa shape index (κ3) is 4.12. The number of β-amino-alcohol motifs (C(OH)–C–C–N with tert-alkyl or cyclic N) is 2. The van der Waals surface area contributed by atoms with Crippen LogP contribution in [-0.2, 0) is 10.6 Å². The lowest BCUT2D eigenvalue weighted by Crippen LogP contribution is -2.80. The number of carbonyl (C=O) groups excluding carboxylic acids is 3. The molecule has 0 spiro atoms. The second-order valence-electron chi connectivity index (χ2n) is 10.6. The first kappa shape index (κ1) is 34.0. The summed E-state index contributed by atoms with van der Waals surface area (Å²) < 4.78 is 4.79. The molecule has 5 rings (SSSR count). The third-order valence-corrected chi connectivity index (χ3v) is 7.78. The highest BCUT2D eigenvalue weighted by Gasteiger charge is 2.71. The number of aromatic hydroxyl groups is 4. The van der Waals surface area contributed by atoms with Crippen molar-refractivity contribution in [1.82, 2.24) is 9.78 Å². The van der Waals surface area contributed by atoms with Crippen molar-refractivity contribution >= 4 is 29.1 Å². The zero-order valence-corrected chi connectivity index (χ0v) is 23.8. The maximum Gasteiger partial charge on any atom is 0.315 e. The number of nitrogens with two attached hydrogens (primary N) is 1. The van der Waals surface area contributed by atoms with E-state index >= 15 is 0 Å². The van der Waals surface area contributed by atoms with Crippen molar-refractivity contribution in [3.8, 4) is 34.4 Å². The fraction of sp³-hybridized carbons (Fsp3) is 0.280. The van der Waals surface area contributed by atoms with Gasteiger partial charge in [-0.05, 0) is 24.3 Å². The Morgan fingerprint density at radius 1 is 0.812 bits per heavy atom. The average molecular weight is 683 g/mol. The van der Waals surface area contributed by atoms with Crippen molar-refractivity contribution in [2.45, 2.75) is 29.1 Å². The van der Waals surface area contributed by atoms with Crippen LogP contribution in [0.5, 0.6) is 28.7 Å². The van der Waals surface area contributed by atoms with Crippen molar-refractivity contribution in [2.24, 2.45) is 5.73 Å². The number of aromatic nitrogens is 2. The van der Waals surface area contributed by atoms with Gasteiger partial charge in [-0.1, -0.05) is 0 Å². The highest BCUT2D eigenvalue weighted by atomic mass is 16.7. The van der Waals surface area contributed by atoms with Gasteiger partial charge in [0.2, 0.25) is 23.0 Å². The predicted molar refractivity (Wildman–Crippen MR) is 146 cm³/mol. The minimum Gasteiger partial charge on any atom is -0.503 e. The van der Waals surface area contributed by atoms with Crippen LogP contribution >= 0.6 is 0 Å². The average Bonchev–Trinajstić information content (AvgIpc) is 3.40. The summed E-state index contributed by atoms with van der Waals surface area (Å²) in [5, 5.41) is 149. The number of primary amides is 1. The maximum atomic E-state index is 14.0. The zero-order chi connectivity index (χ0) is 36.3. The fourth-order valence-electron chi connectivity index (χ4n) is 5.22. The quantitative estimate of drug-likeness (QED) is 0.0675. The summed E-state index contributed by atoms with van der Waals surface area (Å²) >= 11 is 0. The minimum atomic E-state index is -4.19. The standard InChI is InChI=1S/C25H25N5O18/c1-48-17-15(33)13(31)12(14(32)16(17)34)30-11-9(10(27-30)18(26)35)22(40,41)25(46,47)29(19(11)36)8-4-2-7(3-5-8)28-6-21(38,39)24(44,45)23(42,43)20(28)37/h2-5,31-34,38-47H,6H2,1H3,(H2,26,35). The molecule has 0 atom stereocenters.